The lowest BCUT2D eigenvalue weighted by atomic mass is 9.97. The highest BCUT2D eigenvalue weighted by atomic mass is 35.5. The van der Waals surface area contributed by atoms with E-state index >= 15 is 0 Å². The highest BCUT2D eigenvalue weighted by Gasteiger charge is 2.43. The lowest BCUT2D eigenvalue weighted by molar-refractivity contribution is -0.153. The van der Waals surface area contributed by atoms with Crippen molar-refractivity contribution in [2.75, 3.05) is 0 Å². The second kappa shape index (κ2) is 5.33. The van der Waals surface area contributed by atoms with Gasteiger partial charge in [-0.2, -0.15) is 5.10 Å². The van der Waals surface area contributed by atoms with Gasteiger partial charge < -0.3 is 10.2 Å². The van der Waals surface area contributed by atoms with Gasteiger partial charge in [0.05, 0.1) is 23.0 Å². The van der Waals surface area contributed by atoms with Crippen LogP contribution in [-0.2, 0) is 22.7 Å². The Morgan fingerprint density at radius 2 is 2.00 bits per heavy atom. The van der Waals surface area contributed by atoms with Crippen LogP contribution in [0.15, 0.2) is 0 Å². The molecule has 1 atom stereocenters. The van der Waals surface area contributed by atoms with Crippen LogP contribution in [-0.4, -0.2) is 38.1 Å². The Labute approximate surface area is 129 Å². The number of nitrogens with zero attached hydrogens (tertiary/aromatic N) is 3. The van der Waals surface area contributed by atoms with Crippen LogP contribution in [0.5, 0.6) is 0 Å². The van der Waals surface area contributed by atoms with Crippen LogP contribution < -0.4 is 5.32 Å². The summed E-state index contributed by atoms with van der Waals surface area (Å²) in [4.78, 5) is 26.2. The Hall–Kier alpha value is -1.56. The summed E-state index contributed by atoms with van der Waals surface area (Å²) >= 11 is 6.29. The lowest BCUT2D eigenvalue weighted by Crippen LogP contribution is -2.67. The Balaban J connectivity index is 2.37. The average Bonchev–Trinajstić information content (AvgIpc) is 2.68. The fourth-order valence-corrected chi connectivity index (χ4v) is 2.73. The number of carbonyl (C=O) groups excluding carboxylic acids is 2. The van der Waals surface area contributed by atoms with Crippen molar-refractivity contribution in [1.82, 2.24) is 20.0 Å². The van der Waals surface area contributed by atoms with Crippen LogP contribution >= 0.6 is 11.6 Å². The summed E-state index contributed by atoms with van der Waals surface area (Å²) in [6, 6.07) is -0.526. The van der Waals surface area contributed by atoms with Gasteiger partial charge in [0, 0.05) is 6.54 Å². The molecule has 1 N–H and O–H groups in total. The smallest absolute Gasteiger partial charge is 0.248 e. The number of aromatic nitrogens is 2. The van der Waals surface area contributed by atoms with E-state index in [4.69, 9.17) is 11.6 Å². The van der Waals surface area contributed by atoms with Gasteiger partial charge in [0.15, 0.2) is 0 Å². The fourth-order valence-electron chi connectivity index (χ4n) is 2.53. The number of carbonyl (C=O) groups is 2. The van der Waals surface area contributed by atoms with Crippen LogP contribution in [0, 0.1) is 6.92 Å². The van der Waals surface area contributed by atoms with Crippen LogP contribution in [0.1, 0.15) is 39.1 Å². The van der Waals surface area contributed by atoms with E-state index in [1.54, 1.807) is 30.4 Å². The molecule has 0 saturated carbocycles. The van der Waals surface area contributed by atoms with E-state index < -0.39 is 11.6 Å². The van der Waals surface area contributed by atoms with Gasteiger partial charge in [-0.05, 0) is 34.6 Å². The molecule has 2 amide bonds. The molecular formula is C14H21ClN4O2. The van der Waals surface area contributed by atoms with Crippen molar-refractivity contribution in [2.45, 2.75) is 59.3 Å². The summed E-state index contributed by atoms with van der Waals surface area (Å²) in [5.41, 5.74) is 0.596. The van der Waals surface area contributed by atoms with Gasteiger partial charge in [-0.25, -0.2) is 0 Å². The predicted octanol–water partition coefficient (Wildman–Crippen LogP) is 1.49. The normalized spacial score (nSPS) is 21.6. The Bertz CT molecular complexity index is 594. The van der Waals surface area contributed by atoms with E-state index in [0.717, 1.165) is 11.4 Å². The Morgan fingerprint density at radius 3 is 2.57 bits per heavy atom. The monoisotopic (exact) mass is 312 g/mol. The van der Waals surface area contributed by atoms with E-state index in [9.17, 15) is 9.59 Å². The molecule has 0 spiro atoms. The number of hydrogen-bond donors (Lipinski definition) is 1. The van der Waals surface area contributed by atoms with Crippen molar-refractivity contribution in [3.8, 4) is 0 Å². The zero-order valence-electron chi connectivity index (χ0n) is 13.0. The average molecular weight is 313 g/mol. The van der Waals surface area contributed by atoms with Crippen molar-refractivity contribution in [3.05, 3.63) is 16.4 Å². The maximum atomic E-state index is 12.6. The Morgan fingerprint density at radius 1 is 1.38 bits per heavy atom. The first-order valence-corrected chi connectivity index (χ1v) is 7.41. The molecule has 1 unspecified atom stereocenters. The first kappa shape index (κ1) is 15.8. The third-order valence-electron chi connectivity index (χ3n) is 3.85. The molecule has 0 bridgehead atoms. The highest BCUT2D eigenvalue weighted by molar-refractivity contribution is 6.31. The largest absolute Gasteiger partial charge is 0.340 e. The van der Waals surface area contributed by atoms with Crippen molar-refractivity contribution in [3.63, 3.8) is 0 Å². The Kier molecular flexibility index (Phi) is 4.02. The van der Waals surface area contributed by atoms with E-state index in [1.165, 1.54) is 0 Å². The number of halogens is 1. The molecule has 1 aromatic heterocycles. The molecule has 2 heterocycles. The summed E-state index contributed by atoms with van der Waals surface area (Å²) < 4.78 is 1.77. The second-order valence-electron chi connectivity index (χ2n) is 5.89. The molecule has 1 aliphatic rings. The molecule has 1 fully saturated rings. The molecule has 6 nitrogen and oxygen atoms in total. The number of nitrogens with one attached hydrogen (secondary N) is 1. The molecule has 2 rings (SSSR count). The summed E-state index contributed by atoms with van der Waals surface area (Å²) in [5, 5.41) is 7.64. The van der Waals surface area contributed by atoms with E-state index in [2.05, 4.69) is 10.4 Å². The summed E-state index contributed by atoms with van der Waals surface area (Å²) in [5.74, 6) is -0.276. The zero-order valence-corrected chi connectivity index (χ0v) is 13.8. The number of piperazine rings is 1. The molecular weight excluding hydrogens is 292 g/mol. The number of hydrogen-bond acceptors (Lipinski definition) is 3. The molecule has 1 aromatic rings. The maximum Gasteiger partial charge on any atom is 0.248 e. The van der Waals surface area contributed by atoms with E-state index in [0.29, 0.717) is 11.6 Å². The minimum absolute atomic E-state index is 0.118. The second-order valence-corrected chi connectivity index (χ2v) is 6.26. The first-order chi connectivity index (χ1) is 9.69. The van der Waals surface area contributed by atoms with Crippen molar-refractivity contribution in [2.24, 2.45) is 0 Å². The van der Waals surface area contributed by atoms with Crippen molar-refractivity contribution >= 4 is 23.4 Å². The zero-order chi connectivity index (χ0) is 15.9. The minimum atomic E-state index is -0.901. The SMILES string of the molecule is CCn1nc(C)c(Cl)c1CN1C(=O)C(C)(C)NC(=O)C1C. The van der Waals surface area contributed by atoms with Gasteiger partial charge in [-0.1, -0.05) is 11.6 Å². The summed E-state index contributed by atoms with van der Waals surface area (Å²) in [6.07, 6.45) is 0. The third kappa shape index (κ3) is 2.64. The molecule has 7 heteroatoms. The van der Waals surface area contributed by atoms with Gasteiger partial charge in [-0.3, -0.25) is 14.3 Å². The molecule has 21 heavy (non-hydrogen) atoms. The standard InChI is InChI=1S/C14H21ClN4O2/c1-6-19-10(11(15)8(2)17-19)7-18-9(3)12(20)16-14(4,5)13(18)21/h9H,6-7H2,1-5H3,(H,16,20). The van der Waals surface area contributed by atoms with Crippen LogP contribution in [0.4, 0.5) is 0 Å². The summed E-state index contributed by atoms with van der Waals surface area (Å²) in [7, 11) is 0. The van der Waals surface area contributed by atoms with E-state index in [1.807, 2.05) is 13.8 Å². The predicted molar refractivity (Wildman–Crippen MR) is 79.9 cm³/mol. The first-order valence-electron chi connectivity index (χ1n) is 7.04. The van der Waals surface area contributed by atoms with Crippen LogP contribution in [0.2, 0.25) is 5.02 Å². The maximum absolute atomic E-state index is 12.6. The van der Waals surface area contributed by atoms with Crippen molar-refractivity contribution in [1.29, 1.82) is 0 Å². The van der Waals surface area contributed by atoms with Gasteiger partial charge in [0.1, 0.15) is 11.6 Å². The number of rotatable bonds is 3. The van der Waals surface area contributed by atoms with E-state index in [-0.39, 0.29) is 18.4 Å². The van der Waals surface area contributed by atoms with Crippen molar-refractivity contribution < 1.29 is 9.59 Å². The third-order valence-corrected chi connectivity index (χ3v) is 4.34. The molecule has 0 radical (unpaired) electrons. The van der Waals surface area contributed by atoms with Gasteiger partial charge in [0.25, 0.3) is 0 Å². The lowest BCUT2D eigenvalue weighted by Gasteiger charge is -2.41. The van der Waals surface area contributed by atoms with Crippen LogP contribution in [0.3, 0.4) is 0 Å². The molecule has 0 aromatic carbocycles. The van der Waals surface area contributed by atoms with Gasteiger partial charge in [-0.15, -0.1) is 0 Å². The topological polar surface area (TPSA) is 67.2 Å². The highest BCUT2D eigenvalue weighted by Crippen LogP contribution is 2.26. The molecule has 0 aliphatic carbocycles. The van der Waals surface area contributed by atoms with Gasteiger partial charge in [0.2, 0.25) is 11.8 Å². The fraction of sp³-hybridized carbons (Fsp3) is 0.643. The number of aryl methyl sites for hydroxylation is 2. The summed E-state index contributed by atoms with van der Waals surface area (Å²) in [6.45, 7) is 9.86. The molecule has 1 aliphatic heterocycles. The van der Waals surface area contributed by atoms with Crippen LogP contribution in [0.25, 0.3) is 0 Å². The minimum Gasteiger partial charge on any atom is -0.340 e. The molecule has 1 saturated heterocycles. The van der Waals surface area contributed by atoms with Gasteiger partial charge >= 0.3 is 0 Å². The quantitative estimate of drug-likeness (QED) is 0.919. The molecule has 116 valence electrons. The number of amides is 2.